The molecule has 1 aromatic carbocycles. The smallest absolute Gasteiger partial charge is 0.155 e. The van der Waals surface area contributed by atoms with E-state index in [1.54, 1.807) is 18.3 Å². The van der Waals surface area contributed by atoms with Gasteiger partial charge in [0.25, 0.3) is 0 Å². The van der Waals surface area contributed by atoms with Crippen LogP contribution in [0.4, 0.5) is 4.39 Å². The summed E-state index contributed by atoms with van der Waals surface area (Å²) in [4.78, 5) is 4.53. The molecular weight excluding hydrogens is 357 g/mol. The zero-order valence-corrected chi connectivity index (χ0v) is 16.0. The Labute approximate surface area is 161 Å². The third-order valence-corrected chi connectivity index (χ3v) is 5.19. The number of ether oxygens (including phenoxy) is 1. The van der Waals surface area contributed by atoms with Crippen molar-refractivity contribution in [1.29, 1.82) is 0 Å². The molecule has 0 aliphatic carbocycles. The maximum atomic E-state index is 13.5. The van der Waals surface area contributed by atoms with Gasteiger partial charge in [-0.15, -0.1) is 0 Å². The van der Waals surface area contributed by atoms with Gasteiger partial charge in [-0.3, -0.25) is 9.78 Å². The number of hydrogen-bond acceptors (Lipinski definition) is 4. The SMILES string of the molecule is Cc1cc(-c2c(-c3ccc(F)cc3)nn3c2COCC3(C)C)c2cn[nH]c2n1. The lowest BCUT2D eigenvalue weighted by Gasteiger charge is -2.32. The van der Waals surface area contributed by atoms with Crippen molar-refractivity contribution in [2.75, 3.05) is 6.61 Å². The van der Waals surface area contributed by atoms with Gasteiger partial charge in [0.1, 0.15) is 11.5 Å². The monoisotopic (exact) mass is 377 g/mol. The number of halogens is 1. The second-order valence-electron chi connectivity index (χ2n) is 7.84. The van der Waals surface area contributed by atoms with E-state index in [1.807, 2.05) is 17.7 Å². The topological polar surface area (TPSA) is 68.6 Å². The molecule has 3 aromatic heterocycles. The first-order valence-corrected chi connectivity index (χ1v) is 9.21. The minimum atomic E-state index is -0.280. The van der Waals surface area contributed by atoms with Crippen LogP contribution in [0.1, 0.15) is 25.2 Å². The van der Waals surface area contributed by atoms with E-state index in [0.717, 1.165) is 44.8 Å². The van der Waals surface area contributed by atoms with Gasteiger partial charge in [-0.25, -0.2) is 9.37 Å². The normalized spacial score (nSPS) is 15.7. The Morgan fingerprint density at radius 3 is 2.79 bits per heavy atom. The van der Waals surface area contributed by atoms with Gasteiger partial charge in [-0.2, -0.15) is 10.2 Å². The molecule has 1 N–H and O–H groups in total. The van der Waals surface area contributed by atoms with Crippen molar-refractivity contribution in [3.8, 4) is 22.4 Å². The first-order valence-electron chi connectivity index (χ1n) is 9.21. The molecule has 5 rings (SSSR count). The molecule has 7 heteroatoms. The van der Waals surface area contributed by atoms with Crippen LogP contribution in [0, 0.1) is 12.7 Å². The molecule has 0 fully saturated rings. The predicted molar refractivity (Wildman–Crippen MR) is 104 cm³/mol. The standard InChI is InChI=1S/C21H20FN5O/c1-12-8-15(16-9-23-25-20(16)24-12)18-17-10-28-11-21(2,3)27(17)26-19(18)13-4-6-14(22)7-5-13/h4-9H,10-11H2,1-3H3,(H,23,24,25). The summed E-state index contributed by atoms with van der Waals surface area (Å²) in [5.74, 6) is -0.269. The van der Waals surface area contributed by atoms with Crippen LogP contribution < -0.4 is 0 Å². The average Bonchev–Trinajstić information content (AvgIpc) is 3.26. The number of benzene rings is 1. The van der Waals surface area contributed by atoms with Crippen molar-refractivity contribution in [2.24, 2.45) is 0 Å². The molecule has 0 saturated carbocycles. The summed E-state index contributed by atoms with van der Waals surface area (Å²) >= 11 is 0. The van der Waals surface area contributed by atoms with Gasteiger partial charge in [-0.1, -0.05) is 0 Å². The number of aryl methyl sites for hydroxylation is 1. The molecule has 6 nitrogen and oxygen atoms in total. The average molecular weight is 377 g/mol. The predicted octanol–water partition coefficient (Wildman–Crippen LogP) is 4.20. The highest BCUT2D eigenvalue weighted by Crippen LogP contribution is 2.41. The molecule has 142 valence electrons. The Bertz CT molecular complexity index is 1190. The van der Waals surface area contributed by atoms with E-state index in [0.29, 0.717) is 13.2 Å². The minimum Gasteiger partial charge on any atom is -0.373 e. The van der Waals surface area contributed by atoms with Gasteiger partial charge < -0.3 is 4.74 Å². The van der Waals surface area contributed by atoms with E-state index < -0.39 is 0 Å². The molecule has 1 aliphatic rings. The third-order valence-electron chi connectivity index (χ3n) is 5.19. The number of aromatic nitrogens is 5. The Kier molecular flexibility index (Phi) is 3.64. The molecule has 1 aliphatic heterocycles. The van der Waals surface area contributed by atoms with Crippen molar-refractivity contribution in [2.45, 2.75) is 32.9 Å². The van der Waals surface area contributed by atoms with Crippen LogP contribution in [-0.2, 0) is 16.9 Å². The molecule has 0 spiro atoms. The Morgan fingerprint density at radius 1 is 1.21 bits per heavy atom. The lowest BCUT2D eigenvalue weighted by Crippen LogP contribution is -2.38. The van der Waals surface area contributed by atoms with Crippen molar-refractivity contribution in [1.82, 2.24) is 25.0 Å². The molecule has 0 radical (unpaired) electrons. The largest absolute Gasteiger partial charge is 0.373 e. The summed E-state index contributed by atoms with van der Waals surface area (Å²) < 4.78 is 21.5. The van der Waals surface area contributed by atoms with Crippen LogP contribution in [0.2, 0.25) is 0 Å². The number of rotatable bonds is 2. The van der Waals surface area contributed by atoms with E-state index >= 15 is 0 Å². The van der Waals surface area contributed by atoms with Crippen molar-refractivity contribution >= 4 is 11.0 Å². The first kappa shape index (κ1) is 17.1. The number of pyridine rings is 1. The van der Waals surface area contributed by atoms with Crippen LogP contribution >= 0.6 is 0 Å². The van der Waals surface area contributed by atoms with Gasteiger partial charge in [0, 0.05) is 27.8 Å². The highest BCUT2D eigenvalue weighted by atomic mass is 19.1. The van der Waals surface area contributed by atoms with Crippen LogP contribution in [0.25, 0.3) is 33.4 Å². The van der Waals surface area contributed by atoms with Gasteiger partial charge >= 0.3 is 0 Å². The van der Waals surface area contributed by atoms with Crippen molar-refractivity contribution in [3.05, 3.63) is 53.7 Å². The number of nitrogens with zero attached hydrogens (tertiary/aromatic N) is 4. The van der Waals surface area contributed by atoms with E-state index in [1.165, 1.54) is 12.1 Å². The lowest BCUT2D eigenvalue weighted by atomic mass is 9.96. The quantitative estimate of drug-likeness (QED) is 0.568. The number of H-pyrrole nitrogens is 1. The number of hydrogen-bond donors (Lipinski definition) is 1. The zero-order chi connectivity index (χ0) is 19.5. The summed E-state index contributed by atoms with van der Waals surface area (Å²) in [5, 5.41) is 13.0. The lowest BCUT2D eigenvalue weighted by molar-refractivity contribution is 0.0137. The highest BCUT2D eigenvalue weighted by molar-refractivity contribution is 5.97. The van der Waals surface area contributed by atoms with Crippen molar-refractivity contribution < 1.29 is 9.13 Å². The Balaban J connectivity index is 1.86. The summed E-state index contributed by atoms with van der Waals surface area (Å²) in [7, 11) is 0. The maximum Gasteiger partial charge on any atom is 0.155 e. The van der Waals surface area contributed by atoms with E-state index in [2.05, 4.69) is 29.0 Å². The van der Waals surface area contributed by atoms with Gasteiger partial charge in [0.05, 0.1) is 30.6 Å². The van der Waals surface area contributed by atoms with Crippen LogP contribution in [0.3, 0.4) is 0 Å². The van der Waals surface area contributed by atoms with E-state index in [9.17, 15) is 4.39 Å². The fourth-order valence-electron chi connectivity index (χ4n) is 3.90. The number of fused-ring (bicyclic) bond motifs is 2. The van der Waals surface area contributed by atoms with Crippen LogP contribution in [-0.4, -0.2) is 31.6 Å². The second-order valence-corrected chi connectivity index (χ2v) is 7.84. The Morgan fingerprint density at radius 2 is 2.00 bits per heavy atom. The minimum absolute atomic E-state index is 0.269. The fourth-order valence-corrected chi connectivity index (χ4v) is 3.90. The molecule has 0 amide bonds. The molecule has 0 atom stereocenters. The van der Waals surface area contributed by atoms with E-state index in [4.69, 9.17) is 9.84 Å². The zero-order valence-electron chi connectivity index (χ0n) is 16.0. The van der Waals surface area contributed by atoms with E-state index in [-0.39, 0.29) is 11.4 Å². The maximum absolute atomic E-state index is 13.5. The Hall–Kier alpha value is -3.06. The number of aromatic amines is 1. The third kappa shape index (κ3) is 2.54. The first-order chi connectivity index (χ1) is 13.4. The molecule has 0 saturated heterocycles. The molecular formula is C21H20FN5O. The van der Waals surface area contributed by atoms with Crippen LogP contribution in [0.5, 0.6) is 0 Å². The number of nitrogens with one attached hydrogen (secondary N) is 1. The molecule has 4 heterocycles. The highest BCUT2D eigenvalue weighted by Gasteiger charge is 2.34. The second kappa shape index (κ2) is 5.97. The molecule has 28 heavy (non-hydrogen) atoms. The summed E-state index contributed by atoms with van der Waals surface area (Å²) in [5.41, 5.74) is 5.99. The summed E-state index contributed by atoms with van der Waals surface area (Å²) in [6.07, 6.45) is 1.78. The summed E-state index contributed by atoms with van der Waals surface area (Å²) in [6.45, 7) is 7.21. The van der Waals surface area contributed by atoms with Gasteiger partial charge in [-0.05, 0) is 51.1 Å². The van der Waals surface area contributed by atoms with Crippen LogP contribution in [0.15, 0.2) is 36.5 Å². The summed E-state index contributed by atoms with van der Waals surface area (Å²) in [6, 6.07) is 8.50. The van der Waals surface area contributed by atoms with Gasteiger partial charge in [0.2, 0.25) is 0 Å². The fraction of sp³-hybridized carbons (Fsp3) is 0.286. The molecule has 0 unspecified atom stereocenters. The molecule has 4 aromatic rings. The van der Waals surface area contributed by atoms with Crippen molar-refractivity contribution in [3.63, 3.8) is 0 Å². The van der Waals surface area contributed by atoms with Gasteiger partial charge in [0.15, 0.2) is 5.65 Å². The molecule has 0 bridgehead atoms.